The molecule has 3 rings (SSSR count). The maximum absolute atomic E-state index is 12.3. The zero-order valence-corrected chi connectivity index (χ0v) is 17.5. The quantitative estimate of drug-likeness (QED) is 0.481. The van der Waals surface area contributed by atoms with Crippen LogP contribution in [-0.4, -0.2) is 22.6 Å². The van der Waals surface area contributed by atoms with Gasteiger partial charge in [-0.3, -0.25) is 9.59 Å². The molecule has 9 heteroatoms. The molecule has 1 aromatic heterocycles. The van der Waals surface area contributed by atoms with Gasteiger partial charge in [0.1, 0.15) is 0 Å². The Kier molecular flexibility index (Phi) is 7.19. The highest BCUT2D eigenvalue weighted by Crippen LogP contribution is 2.31. The van der Waals surface area contributed by atoms with Crippen LogP contribution in [0.5, 0.6) is 0 Å². The van der Waals surface area contributed by atoms with Crippen LogP contribution in [0.2, 0.25) is 10.0 Å². The minimum absolute atomic E-state index is 0.138. The highest BCUT2D eigenvalue weighted by atomic mass is 35.5. The van der Waals surface area contributed by atoms with Crippen molar-refractivity contribution in [2.24, 2.45) is 5.73 Å². The molecule has 29 heavy (non-hydrogen) atoms. The van der Waals surface area contributed by atoms with E-state index in [1.54, 1.807) is 36.5 Å². The lowest BCUT2D eigenvalue weighted by Crippen LogP contribution is -2.15. The average molecular weight is 450 g/mol. The topological polar surface area (TPSA) is 98.2 Å². The number of oxazole rings is 1. The normalized spacial score (nSPS) is 10.7. The predicted octanol–water partition coefficient (Wildman–Crippen LogP) is 4.80. The fourth-order valence-corrected chi connectivity index (χ4v) is 3.77. The average Bonchev–Trinajstić information content (AvgIpc) is 3.14. The zero-order chi connectivity index (χ0) is 20.8. The van der Waals surface area contributed by atoms with Crippen LogP contribution in [0.4, 0.5) is 5.69 Å². The van der Waals surface area contributed by atoms with Crippen LogP contribution in [0, 0.1) is 0 Å². The van der Waals surface area contributed by atoms with Gasteiger partial charge in [0.25, 0.3) is 0 Å². The summed E-state index contributed by atoms with van der Waals surface area (Å²) in [6.45, 7) is 0. The third-order valence-corrected chi connectivity index (χ3v) is 5.49. The number of aromatic nitrogens is 1. The zero-order valence-electron chi connectivity index (χ0n) is 15.2. The van der Waals surface area contributed by atoms with E-state index in [-0.39, 0.29) is 18.1 Å². The number of primary amides is 1. The molecule has 2 aromatic carbocycles. The molecule has 0 aliphatic rings. The van der Waals surface area contributed by atoms with Crippen molar-refractivity contribution >= 4 is 52.5 Å². The first-order chi connectivity index (χ1) is 13.9. The first-order valence-corrected chi connectivity index (χ1v) is 10.4. The highest BCUT2D eigenvalue weighted by Gasteiger charge is 2.13. The van der Waals surface area contributed by atoms with Gasteiger partial charge in [-0.25, -0.2) is 4.98 Å². The molecule has 0 spiro atoms. The minimum atomic E-state index is -0.420. The van der Waals surface area contributed by atoms with Gasteiger partial charge in [-0.15, -0.1) is 11.8 Å². The fourth-order valence-electron chi connectivity index (χ4n) is 2.52. The number of carbonyl (C=O) groups is 2. The molecule has 1 heterocycles. The van der Waals surface area contributed by atoms with Crippen molar-refractivity contribution in [3.63, 3.8) is 0 Å². The third kappa shape index (κ3) is 6.00. The number of anilines is 1. The van der Waals surface area contributed by atoms with Crippen LogP contribution in [-0.2, 0) is 16.0 Å². The van der Waals surface area contributed by atoms with Crippen LogP contribution in [0.1, 0.15) is 12.3 Å². The van der Waals surface area contributed by atoms with E-state index < -0.39 is 5.91 Å². The summed E-state index contributed by atoms with van der Waals surface area (Å²) in [5.41, 5.74) is 6.49. The second-order valence-electron chi connectivity index (χ2n) is 6.04. The smallest absolute Gasteiger partial charge is 0.227 e. The number of nitrogens with one attached hydrogen (secondary N) is 1. The Morgan fingerprint density at radius 3 is 2.72 bits per heavy atom. The van der Waals surface area contributed by atoms with E-state index >= 15 is 0 Å². The van der Waals surface area contributed by atoms with E-state index in [9.17, 15) is 9.59 Å². The van der Waals surface area contributed by atoms with Gasteiger partial charge in [0.05, 0.1) is 22.7 Å². The van der Waals surface area contributed by atoms with Crippen LogP contribution < -0.4 is 11.1 Å². The lowest BCUT2D eigenvalue weighted by atomic mass is 10.2. The number of nitrogens with zero attached hydrogens (tertiary/aromatic N) is 1. The summed E-state index contributed by atoms with van der Waals surface area (Å²) in [6, 6.07) is 12.3. The number of para-hydroxylation sites is 1. The largest absolute Gasteiger partial charge is 0.441 e. The number of thioether (sulfide) groups is 1. The van der Waals surface area contributed by atoms with Gasteiger partial charge in [-0.2, -0.15) is 0 Å². The Morgan fingerprint density at radius 2 is 1.97 bits per heavy atom. The van der Waals surface area contributed by atoms with Gasteiger partial charge in [0.2, 0.25) is 11.8 Å². The van der Waals surface area contributed by atoms with E-state index in [1.807, 2.05) is 12.1 Å². The molecule has 150 valence electrons. The second-order valence-corrected chi connectivity index (χ2v) is 7.90. The number of carbonyl (C=O) groups excluding carboxylic acids is 2. The number of rotatable bonds is 8. The molecule has 3 aromatic rings. The monoisotopic (exact) mass is 449 g/mol. The van der Waals surface area contributed by atoms with E-state index in [4.69, 9.17) is 33.4 Å². The number of halogens is 2. The summed E-state index contributed by atoms with van der Waals surface area (Å²) in [5.74, 6) is 0.463. The Labute approximate surface area is 181 Å². The van der Waals surface area contributed by atoms with Crippen molar-refractivity contribution in [1.82, 2.24) is 4.98 Å². The standard InChI is InChI=1S/C20H17Cl2N3O3S/c21-12-5-6-13(14(22)9-12)16-10-24-20(28-16)8-7-19(27)25-15-3-1-2-4-17(15)29-11-18(23)26/h1-6,9-10H,7-8,11H2,(H2,23,26)(H,25,27). The fraction of sp³-hybridized carbons (Fsp3) is 0.150. The van der Waals surface area contributed by atoms with E-state index in [0.29, 0.717) is 39.4 Å². The van der Waals surface area contributed by atoms with Gasteiger partial charge >= 0.3 is 0 Å². The third-order valence-electron chi connectivity index (χ3n) is 3.85. The molecule has 0 saturated carbocycles. The lowest BCUT2D eigenvalue weighted by molar-refractivity contribution is -0.116. The lowest BCUT2D eigenvalue weighted by Gasteiger charge is -2.09. The number of amides is 2. The molecule has 0 radical (unpaired) electrons. The minimum Gasteiger partial charge on any atom is -0.441 e. The van der Waals surface area contributed by atoms with Gasteiger partial charge in [-0.1, -0.05) is 35.3 Å². The van der Waals surface area contributed by atoms with Gasteiger partial charge in [0.15, 0.2) is 11.7 Å². The summed E-state index contributed by atoms with van der Waals surface area (Å²) in [5, 5.41) is 3.83. The maximum atomic E-state index is 12.3. The van der Waals surface area contributed by atoms with Crippen molar-refractivity contribution in [2.75, 3.05) is 11.1 Å². The summed E-state index contributed by atoms with van der Waals surface area (Å²) in [4.78, 5) is 28.3. The van der Waals surface area contributed by atoms with E-state index in [1.165, 1.54) is 11.8 Å². The summed E-state index contributed by atoms with van der Waals surface area (Å²) in [6.07, 6.45) is 2.08. The van der Waals surface area contributed by atoms with Gasteiger partial charge in [0, 0.05) is 28.3 Å². The van der Waals surface area contributed by atoms with Crippen LogP contribution in [0.25, 0.3) is 11.3 Å². The van der Waals surface area contributed by atoms with Crippen LogP contribution >= 0.6 is 35.0 Å². The molecule has 0 atom stereocenters. The van der Waals surface area contributed by atoms with E-state index in [0.717, 1.165) is 4.90 Å². The molecular weight excluding hydrogens is 433 g/mol. The molecule has 0 bridgehead atoms. The SMILES string of the molecule is NC(=O)CSc1ccccc1NC(=O)CCc1ncc(-c2ccc(Cl)cc2Cl)o1. The Bertz CT molecular complexity index is 1040. The predicted molar refractivity (Wildman–Crippen MR) is 115 cm³/mol. The number of nitrogens with two attached hydrogens (primary N) is 1. The first kappa shape index (κ1) is 21.2. The molecular formula is C20H17Cl2N3O3S. The van der Waals surface area contributed by atoms with Crippen molar-refractivity contribution in [2.45, 2.75) is 17.7 Å². The van der Waals surface area contributed by atoms with Crippen molar-refractivity contribution in [3.8, 4) is 11.3 Å². The molecule has 0 aliphatic heterocycles. The summed E-state index contributed by atoms with van der Waals surface area (Å²) < 4.78 is 5.71. The molecule has 3 N–H and O–H groups in total. The number of benzene rings is 2. The Morgan fingerprint density at radius 1 is 1.17 bits per heavy atom. The first-order valence-electron chi connectivity index (χ1n) is 8.62. The molecule has 0 unspecified atom stereocenters. The summed E-state index contributed by atoms with van der Waals surface area (Å²) in [7, 11) is 0. The molecule has 0 fully saturated rings. The summed E-state index contributed by atoms with van der Waals surface area (Å²) >= 11 is 13.4. The van der Waals surface area contributed by atoms with Crippen LogP contribution in [0.15, 0.2) is 58.0 Å². The van der Waals surface area contributed by atoms with E-state index in [2.05, 4.69) is 10.3 Å². The number of hydrogen-bond acceptors (Lipinski definition) is 5. The van der Waals surface area contributed by atoms with Crippen molar-refractivity contribution in [1.29, 1.82) is 0 Å². The van der Waals surface area contributed by atoms with Crippen molar-refractivity contribution in [3.05, 3.63) is 64.6 Å². The van der Waals surface area contributed by atoms with Gasteiger partial charge in [-0.05, 0) is 30.3 Å². The maximum Gasteiger partial charge on any atom is 0.227 e. The molecule has 0 saturated heterocycles. The molecule has 2 amide bonds. The number of hydrogen-bond donors (Lipinski definition) is 2. The van der Waals surface area contributed by atoms with Gasteiger partial charge < -0.3 is 15.5 Å². The highest BCUT2D eigenvalue weighted by molar-refractivity contribution is 8.00. The Hall–Kier alpha value is -2.48. The number of aryl methyl sites for hydroxylation is 1. The molecule has 6 nitrogen and oxygen atoms in total. The van der Waals surface area contributed by atoms with Crippen LogP contribution in [0.3, 0.4) is 0 Å². The Balaban J connectivity index is 1.59. The second kappa shape index (κ2) is 9.82. The van der Waals surface area contributed by atoms with Crippen molar-refractivity contribution < 1.29 is 14.0 Å². The molecule has 0 aliphatic carbocycles.